The largest absolute Gasteiger partial charge is 0.381 e. The van der Waals surface area contributed by atoms with Crippen LogP contribution >= 0.6 is 0 Å². The van der Waals surface area contributed by atoms with Crippen molar-refractivity contribution in [2.45, 2.75) is 33.6 Å². The lowest BCUT2D eigenvalue weighted by atomic mass is 9.97. The van der Waals surface area contributed by atoms with Gasteiger partial charge in [0.2, 0.25) is 0 Å². The van der Waals surface area contributed by atoms with Gasteiger partial charge in [-0.3, -0.25) is 0 Å². The molecule has 0 bridgehead atoms. The lowest BCUT2D eigenvalue weighted by Crippen LogP contribution is -2.28. The third-order valence-corrected chi connectivity index (χ3v) is 2.68. The molecule has 1 unspecified atom stereocenters. The molecule has 3 heteroatoms. The Balaban J connectivity index is 1.81. The molecule has 96 valence electrons. The van der Waals surface area contributed by atoms with Gasteiger partial charge < -0.3 is 14.8 Å². The minimum atomic E-state index is 0.377. The lowest BCUT2D eigenvalue weighted by Gasteiger charge is -2.18. The molecule has 0 amide bonds. The molecule has 0 aromatic heterocycles. The van der Waals surface area contributed by atoms with E-state index in [-0.39, 0.29) is 0 Å². The zero-order chi connectivity index (χ0) is 11.9. The van der Waals surface area contributed by atoms with Crippen molar-refractivity contribution in [3.05, 3.63) is 0 Å². The van der Waals surface area contributed by atoms with Crippen LogP contribution < -0.4 is 5.32 Å². The Morgan fingerprint density at radius 2 is 2.19 bits per heavy atom. The summed E-state index contributed by atoms with van der Waals surface area (Å²) in [4.78, 5) is 0. The Kier molecular flexibility index (Phi) is 6.32. The van der Waals surface area contributed by atoms with Crippen molar-refractivity contribution in [2.75, 3.05) is 39.5 Å². The number of rotatable bonds is 7. The van der Waals surface area contributed by atoms with Crippen LogP contribution in [-0.4, -0.2) is 39.5 Å². The minimum Gasteiger partial charge on any atom is -0.381 e. The summed E-state index contributed by atoms with van der Waals surface area (Å²) in [5, 5.41) is 3.45. The summed E-state index contributed by atoms with van der Waals surface area (Å²) in [5.41, 5.74) is 0.377. The van der Waals surface area contributed by atoms with E-state index < -0.39 is 0 Å². The first-order valence-corrected chi connectivity index (χ1v) is 6.44. The molecule has 1 aliphatic rings. The van der Waals surface area contributed by atoms with Crippen LogP contribution in [0.4, 0.5) is 0 Å². The van der Waals surface area contributed by atoms with Gasteiger partial charge in [0.05, 0.1) is 13.2 Å². The maximum Gasteiger partial charge on any atom is 0.0517 e. The molecule has 0 aromatic rings. The number of ether oxygens (including phenoxy) is 2. The Morgan fingerprint density at radius 3 is 2.81 bits per heavy atom. The fourth-order valence-corrected chi connectivity index (χ4v) is 1.73. The van der Waals surface area contributed by atoms with Crippen LogP contribution in [0.25, 0.3) is 0 Å². The molecular formula is C13H27NO2. The van der Waals surface area contributed by atoms with Crippen LogP contribution in [0, 0.1) is 11.3 Å². The van der Waals surface area contributed by atoms with Crippen molar-refractivity contribution in [2.24, 2.45) is 11.3 Å². The second-order valence-electron chi connectivity index (χ2n) is 5.90. The van der Waals surface area contributed by atoms with Gasteiger partial charge in [0, 0.05) is 19.1 Å². The molecule has 1 saturated heterocycles. The van der Waals surface area contributed by atoms with Crippen molar-refractivity contribution in [3.63, 3.8) is 0 Å². The maximum absolute atomic E-state index is 5.63. The fourth-order valence-electron chi connectivity index (χ4n) is 1.73. The zero-order valence-electron chi connectivity index (χ0n) is 11.1. The summed E-state index contributed by atoms with van der Waals surface area (Å²) in [6.07, 6.45) is 2.27. The van der Waals surface area contributed by atoms with E-state index in [1.807, 2.05) is 0 Å². The molecule has 1 aliphatic heterocycles. The Hall–Kier alpha value is -0.120. The normalized spacial score (nSPS) is 21.6. The van der Waals surface area contributed by atoms with Crippen molar-refractivity contribution >= 4 is 0 Å². The highest BCUT2D eigenvalue weighted by Gasteiger charge is 2.15. The second-order valence-corrected chi connectivity index (χ2v) is 5.90. The molecule has 16 heavy (non-hydrogen) atoms. The number of hydrogen-bond donors (Lipinski definition) is 1. The van der Waals surface area contributed by atoms with Gasteiger partial charge in [-0.15, -0.1) is 0 Å². The van der Waals surface area contributed by atoms with E-state index in [9.17, 15) is 0 Å². The first kappa shape index (κ1) is 13.9. The van der Waals surface area contributed by atoms with Crippen molar-refractivity contribution in [1.29, 1.82) is 0 Å². The summed E-state index contributed by atoms with van der Waals surface area (Å²) >= 11 is 0. The Labute approximate surface area is 99.9 Å². The van der Waals surface area contributed by atoms with Crippen molar-refractivity contribution in [3.8, 4) is 0 Å². The quantitative estimate of drug-likeness (QED) is 0.678. The number of nitrogens with one attached hydrogen (secondary N) is 1. The highest BCUT2D eigenvalue weighted by Crippen LogP contribution is 2.12. The van der Waals surface area contributed by atoms with Gasteiger partial charge in [-0.25, -0.2) is 0 Å². The van der Waals surface area contributed by atoms with E-state index in [4.69, 9.17) is 9.47 Å². The van der Waals surface area contributed by atoms with E-state index in [1.165, 1.54) is 6.42 Å². The molecule has 0 spiro atoms. The van der Waals surface area contributed by atoms with Gasteiger partial charge in [-0.2, -0.15) is 0 Å². The Morgan fingerprint density at radius 1 is 1.38 bits per heavy atom. The first-order chi connectivity index (χ1) is 7.58. The molecule has 1 atom stereocenters. The van der Waals surface area contributed by atoms with E-state index >= 15 is 0 Å². The van der Waals surface area contributed by atoms with E-state index in [0.717, 1.165) is 45.9 Å². The van der Waals surface area contributed by atoms with Gasteiger partial charge in [0.1, 0.15) is 0 Å². The highest BCUT2D eigenvalue weighted by molar-refractivity contribution is 4.65. The van der Waals surface area contributed by atoms with E-state index in [1.54, 1.807) is 0 Å². The topological polar surface area (TPSA) is 30.5 Å². The smallest absolute Gasteiger partial charge is 0.0517 e. The van der Waals surface area contributed by atoms with Crippen molar-refractivity contribution < 1.29 is 9.47 Å². The lowest BCUT2D eigenvalue weighted by molar-refractivity contribution is 0.0880. The maximum atomic E-state index is 5.63. The van der Waals surface area contributed by atoms with Crippen molar-refractivity contribution in [1.82, 2.24) is 5.32 Å². The molecule has 1 rings (SSSR count). The monoisotopic (exact) mass is 229 g/mol. The SMILES string of the molecule is CC(C)(C)CNCCCOCC1CCOC1. The van der Waals surface area contributed by atoms with E-state index in [2.05, 4.69) is 26.1 Å². The summed E-state index contributed by atoms with van der Waals surface area (Å²) < 4.78 is 10.9. The molecule has 1 N–H and O–H groups in total. The highest BCUT2D eigenvalue weighted by atomic mass is 16.5. The molecule has 1 fully saturated rings. The summed E-state index contributed by atoms with van der Waals surface area (Å²) in [6.45, 7) is 12.4. The third kappa shape index (κ3) is 7.20. The molecule has 0 aliphatic carbocycles. The van der Waals surface area contributed by atoms with E-state index in [0.29, 0.717) is 11.3 Å². The van der Waals surface area contributed by atoms with Gasteiger partial charge >= 0.3 is 0 Å². The third-order valence-electron chi connectivity index (χ3n) is 2.68. The molecule has 0 radical (unpaired) electrons. The van der Waals surface area contributed by atoms with Gasteiger partial charge in [-0.05, 0) is 31.3 Å². The number of hydrogen-bond acceptors (Lipinski definition) is 3. The van der Waals surface area contributed by atoms with Crippen LogP contribution in [-0.2, 0) is 9.47 Å². The average molecular weight is 229 g/mol. The summed E-state index contributed by atoms with van der Waals surface area (Å²) in [5.74, 6) is 0.641. The molecule has 0 saturated carbocycles. The zero-order valence-corrected chi connectivity index (χ0v) is 11.1. The molecule has 0 aromatic carbocycles. The van der Waals surface area contributed by atoms with Crippen LogP contribution in [0.5, 0.6) is 0 Å². The van der Waals surface area contributed by atoms with Gasteiger partial charge in [-0.1, -0.05) is 20.8 Å². The Bertz CT molecular complexity index is 171. The van der Waals surface area contributed by atoms with Crippen LogP contribution in [0.3, 0.4) is 0 Å². The van der Waals surface area contributed by atoms with Crippen LogP contribution in [0.15, 0.2) is 0 Å². The molecule has 3 nitrogen and oxygen atoms in total. The predicted molar refractivity (Wildman–Crippen MR) is 66.7 cm³/mol. The van der Waals surface area contributed by atoms with Crippen LogP contribution in [0.1, 0.15) is 33.6 Å². The summed E-state index contributed by atoms with van der Waals surface area (Å²) in [7, 11) is 0. The molecule has 1 heterocycles. The molecular weight excluding hydrogens is 202 g/mol. The first-order valence-electron chi connectivity index (χ1n) is 6.44. The second kappa shape index (κ2) is 7.25. The summed E-state index contributed by atoms with van der Waals surface area (Å²) in [6, 6.07) is 0. The minimum absolute atomic E-state index is 0.377. The standard InChI is InChI=1S/C13H27NO2/c1-13(2,3)11-14-6-4-7-15-9-12-5-8-16-10-12/h12,14H,4-11H2,1-3H3. The van der Waals surface area contributed by atoms with Gasteiger partial charge in [0.25, 0.3) is 0 Å². The van der Waals surface area contributed by atoms with Gasteiger partial charge in [0.15, 0.2) is 0 Å². The fraction of sp³-hybridized carbons (Fsp3) is 1.00. The van der Waals surface area contributed by atoms with Crippen LogP contribution in [0.2, 0.25) is 0 Å². The predicted octanol–water partition coefficient (Wildman–Crippen LogP) is 2.07. The average Bonchev–Trinajstić information content (AvgIpc) is 2.67.